The zero-order valence-corrected chi connectivity index (χ0v) is 21.7. The van der Waals surface area contributed by atoms with Crippen LogP contribution in [-0.4, -0.2) is 48.0 Å². The Balaban J connectivity index is 1.48. The van der Waals surface area contributed by atoms with Crippen LogP contribution in [-0.2, 0) is 24.1 Å². The van der Waals surface area contributed by atoms with E-state index in [1.165, 1.54) is 17.0 Å². The number of nitrogens with zero attached hydrogens (tertiary/aromatic N) is 2. The molecule has 11 heteroatoms. The quantitative estimate of drug-likeness (QED) is 0.236. The lowest BCUT2D eigenvalue weighted by Gasteiger charge is -2.19. The first-order valence-electron chi connectivity index (χ1n) is 12.1. The smallest absolute Gasteiger partial charge is 0.398 e. The molecule has 0 unspecified atom stereocenters. The molecule has 3 aromatic carbocycles. The summed E-state index contributed by atoms with van der Waals surface area (Å²) < 4.78 is 40.8. The molecule has 0 bridgehead atoms. The summed E-state index contributed by atoms with van der Waals surface area (Å²) in [6.07, 6.45) is -4.58. The van der Waals surface area contributed by atoms with Crippen molar-refractivity contribution >= 4 is 40.3 Å². The van der Waals surface area contributed by atoms with Crippen molar-refractivity contribution < 1.29 is 22.8 Å². The van der Waals surface area contributed by atoms with E-state index in [4.69, 9.17) is 11.1 Å². The van der Waals surface area contributed by atoms with Crippen LogP contribution in [0.4, 0.5) is 35.9 Å². The molecule has 4 rings (SSSR count). The number of halogens is 3. The van der Waals surface area contributed by atoms with Crippen molar-refractivity contribution in [2.75, 3.05) is 37.0 Å². The number of alkyl halides is 3. The van der Waals surface area contributed by atoms with E-state index < -0.39 is 17.6 Å². The minimum Gasteiger partial charge on any atom is -0.398 e. The third kappa shape index (κ3) is 6.20. The van der Waals surface area contributed by atoms with E-state index in [-0.39, 0.29) is 36.8 Å². The first-order chi connectivity index (χ1) is 18.3. The average molecular weight is 539 g/mol. The SMILES string of the molecule is CC(=N)c1ccc(Nc2cccc3c2C(=O)N(CC(=O)Nc2ccc(CN(C)C)c(C(F)(F)F)c2)C3)cc1N. The van der Waals surface area contributed by atoms with Crippen LogP contribution >= 0.6 is 0 Å². The molecule has 0 fully saturated rings. The molecular formula is C28H29F3N6O2. The second kappa shape index (κ2) is 10.8. The van der Waals surface area contributed by atoms with Crippen LogP contribution in [0.5, 0.6) is 0 Å². The molecule has 0 saturated heterocycles. The third-order valence-corrected chi connectivity index (χ3v) is 6.27. The van der Waals surface area contributed by atoms with Crippen molar-refractivity contribution in [2.45, 2.75) is 26.2 Å². The molecule has 0 aliphatic carbocycles. The Labute approximate surface area is 224 Å². The molecule has 3 aromatic rings. The Morgan fingerprint density at radius 2 is 1.82 bits per heavy atom. The van der Waals surface area contributed by atoms with Gasteiger partial charge in [0.25, 0.3) is 5.91 Å². The fraction of sp³-hybridized carbons (Fsp3) is 0.250. The molecule has 1 aliphatic rings. The Hall–Kier alpha value is -4.38. The van der Waals surface area contributed by atoms with Crippen LogP contribution in [0.25, 0.3) is 0 Å². The average Bonchev–Trinajstić information content (AvgIpc) is 3.14. The van der Waals surface area contributed by atoms with Gasteiger partial charge in [-0.05, 0) is 68.5 Å². The largest absolute Gasteiger partial charge is 0.416 e. The lowest BCUT2D eigenvalue weighted by molar-refractivity contribution is -0.138. The highest BCUT2D eigenvalue weighted by molar-refractivity contribution is 6.06. The van der Waals surface area contributed by atoms with Crippen LogP contribution in [0, 0.1) is 5.41 Å². The molecule has 0 atom stereocenters. The molecule has 1 heterocycles. The number of anilines is 4. The van der Waals surface area contributed by atoms with E-state index in [9.17, 15) is 22.8 Å². The fourth-order valence-corrected chi connectivity index (χ4v) is 4.56. The summed E-state index contributed by atoms with van der Waals surface area (Å²) in [4.78, 5) is 29.0. The molecule has 0 radical (unpaired) electrons. The molecule has 0 saturated carbocycles. The van der Waals surface area contributed by atoms with Gasteiger partial charge in [-0.1, -0.05) is 18.2 Å². The van der Waals surface area contributed by atoms with Crippen molar-refractivity contribution in [3.8, 4) is 0 Å². The van der Waals surface area contributed by atoms with Gasteiger partial charge in [0, 0.05) is 41.4 Å². The number of nitrogens with one attached hydrogen (secondary N) is 3. The second-order valence-corrected chi connectivity index (χ2v) is 9.71. The predicted octanol–water partition coefficient (Wildman–Crippen LogP) is 5.08. The summed E-state index contributed by atoms with van der Waals surface area (Å²) in [5.74, 6) is -0.981. The summed E-state index contributed by atoms with van der Waals surface area (Å²) >= 11 is 0. The Kier molecular flexibility index (Phi) is 7.64. The normalized spacial score (nSPS) is 13.0. The summed E-state index contributed by atoms with van der Waals surface area (Å²) in [7, 11) is 3.35. The van der Waals surface area contributed by atoms with Gasteiger partial charge in [-0.25, -0.2) is 0 Å². The highest BCUT2D eigenvalue weighted by Gasteiger charge is 2.34. The lowest BCUT2D eigenvalue weighted by atomic mass is 10.1. The molecule has 0 aromatic heterocycles. The Bertz CT molecular complexity index is 1450. The van der Waals surface area contributed by atoms with Gasteiger partial charge in [0.2, 0.25) is 5.91 Å². The van der Waals surface area contributed by atoms with Crippen LogP contribution in [0.1, 0.15) is 39.5 Å². The number of hydrogen-bond donors (Lipinski definition) is 4. The maximum absolute atomic E-state index is 13.6. The lowest BCUT2D eigenvalue weighted by Crippen LogP contribution is -2.33. The van der Waals surface area contributed by atoms with Crippen molar-refractivity contribution in [2.24, 2.45) is 0 Å². The van der Waals surface area contributed by atoms with Crippen molar-refractivity contribution in [3.63, 3.8) is 0 Å². The van der Waals surface area contributed by atoms with Gasteiger partial charge in [-0.2, -0.15) is 13.2 Å². The highest BCUT2D eigenvalue weighted by Crippen LogP contribution is 2.35. The number of carbonyl (C=O) groups is 2. The molecule has 39 heavy (non-hydrogen) atoms. The number of amides is 2. The number of hydrogen-bond acceptors (Lipinski definition) is 6. The topological polar surface area (TPSA) is 115 Å². The third-order valence-electron chi connectivity index (χ3n) is 6.27. The van der Waals surface area contributed by atoms with Crippen molar-refractivity contribution in [1.82, 2.24) is 9.80 Å². The van der Waals surface area contributed by atoms with Crippen LogP contribution in [0.2, 0.25) is 0 Å². The van der Waals surface area contributed by atoms with Crippen LogP contribution in [0.3, 0.4) is 0 Å². The molecule has 2 amide bonds. The summed E-state index contributed by atoms with van der Waals surface area (Å²) in [5.41, 5.74) is 8.99. The fourth-order valence-electron chi connectivity index (χ4n) is 4.56. The Morgan fingerprint density at radius 3 is 2.46 bits per heavy atom. The maximum Gasteiger partial charge on any atom is 0.416 e. The molecule has 5 N–H and O–H groups in total. The molecule has 1 aliphatic heterocycles. The van der Waals surface area contributed by atoms with Gasteiger partial charge in [-0.15, -0.1) is 0 Å². The number of carbonyl (C=O) groups excluding carboxylic acids is 2. The molecule has 204 valence electrons. The summed E-state index contributed by atoms with van der Waals surface area (Å²) in [6, 6.07) is 14.1. The predicted molar refractivity (Wildman–Crippen MR) is 145 cm³/mol. The van der Waals surface area contributed by atoms with E-state index in [1.54, 1.807) is 62.3 Å². The minimum atomic E-state index is -4.58. The zero-order valence-electron chi connectivity index (χ0n) is 21.7. The molecule has 8 nitrogen and oxygen atoms in total. The van der Waals surface area contributed by atoms with E-state index in [1.807, 2.05) is 0 Å². The van der Waals surface area contributed by atoms with E-state index in [0.29, 0.717) is 39.5 Å². The van der Waals surface area contributed by atoms with E-state index in [0.717, 1.165) is 6.07 Å². The number of nitrogen functional groups attached to an aromatic ring is 1. The van der Waals surface area contributed by atoms with Crippen molar-refractivity contribution in [3.05, 3.63) is 82.4 Å². The Morgan fingerprint density at radius 1 is 1.10 bits per heavy atom. The first-order valence-corrected chi connectivity index (χ1v) is 12.1. The molecule has 0 spiro atoms. The summed E-state index contributed by atoms with van der Waals surface area (Å²) in [5, 5.41) is 13.5. The van der Waals surface area contributed by atoms with Crippen molar-refractivity contribution in [1.29, 1.82) is 5.41 Å². The molecular weight excluding hydrogens is 509 g/mol. The number of fused-ring (bicyclic) bond motifs is 1. The van der Waals surface area contributed by atoms with E-state index >= 15 is 0 Å². The second-order valence-electron chi connectivity index (χ2n) is 9.71. The number of nitrogens with two attached hydrogens (primary N) is 1. The maximum atomic E-state index is 13.6. The van der Waals surface area contributed by atoms with Gasteiger partial charge in [0.1, 0.15) is 6.54 Å². The van der Waals surface area contributed by atoms with Gasteiger partial charge in [0.05, 0.1) is 16.8 Å². The number of rotatable bonds is 8. The van der Waals surface area contributed by atoms with Crippen LogP contribution in [0.15, 0.2) is 54.6 Å². The van der Waals surface area contributed by atoms with Gasteiger partial charge in [-0.3, -0.25) is 9.59 Å². The summed E-state index contributed by atoms with van der Waals surface area (Å²) in [6.45, 7) is 1.59. The van der Waals surface area contributed by atoms with Gasteiger partial charge in [0.15, 0.2) is 0 Å². The monoisotopic (exact) mass is 538 g/mol. The minimum absolute atomic E-state index is 0.00236. The first kappa shape index (κ1) is 27.6. The van der Waals surface area contributed by atoms with Crippen LogP contribution < -0.4 is 16.4 Å². The van der Waals surface area contributed by atoms with E-state index in [2.05, 4.69) is 10.6 Å². The highest BCUT2D eigenvalue weighted by atomic mass is 19.4. The van der Waals surface area contributed by atoms with Gasteiger partial charge < -0.3 is 31.6 Å². The van der Waals surface area contributed by atoms with Gasteiger partial charge >= 0.3 is 6.18 Å². The zero-order chi connectivity index (χ0) is 28.5. The standard InChI is InChI=1S/C28H29F3N6O2/c1-16(32)21-10-9-20(12-23(21)33)34-24-6-4-5-18-14-37(27(39)26(18)24)15-25(38)35-19-8-7-17(13-36(2)3)22(11-19)28(29,30)31/h4-12,32,34H,13-15,33H2,1-3H3,(H,35,38). The number of benzene rings is 3.